The zero-order valence-electron chi connectivity index (χ0n) is 9.45. The molecule has 0 aliphatic carbocycles. The monoisotopic (exact) mass is 210 g/mol. The van der Waals surface area contributed by atoms with Crippen molar-refractivity contribution in [3.8, 4) is 0 Å². The fraction of sp³-hybridized carbons (Fsp3) is 0.600. The fourth-order valence-electron chi connectivity index (χ4n) is 1.36. The lowest BCUT2D eigenvalue weighted by Crippen LogP contribution is -2.36. The van der Waals surface area contributed by atoms with Crippen LogP contribution < -0.4 is 5.32 Å². The van der Waals surface area contributed by atoms with Gasteiger partial charge in [0.1, 0.15) is 5.82 Å². The number of H-pyrrole nitrogens is 1. The van der Waals surface area contributed by atoms with Crippen molar-refractivity contribution >= 4 is 5.91 Å². The summed E-state index contributed by atoms with van der Waals surface area (Å²) in [4.78, 5) is 20.5. The molecule has 15 heavy (non-hydrogen) atoms. The van der Waals surface area contributed by atoms with Crippen molar-refractivity contribution in [2.45, 2.75) is 19.4 Å². The number of nitrogens with zero attached hydrogens (tertiary/aromatic N) is 2. The van der Waals surface area contributed by atoms with Crippen LogP contribution in [0.3, 0.4) is 0 Å². The molecular weight excluding hydrogens is 192 g/mol. The predicted molar refractivity (Wildman–Crippen MR) is 58.3 cm³/mol. The average Bonchev–Trinajstić information content (AvgIpc) is 2.65. The maximum atomic E-state index is 11.5. The Kier molecular flexibility index (Phi) is 4.30. The van der Waals surface area contributed by atoms with Crippen molar-refractivity contribution in [3.05, 3.63) is 18.2 Å². The Hall–Kier alpha value is -1.36. The number of hydrogen-bond donors (Lipinski definition) is 2. The molecule has 2 N–H and O–H groups in total. The molecule has 1 aromatic heterocycles. The Balaban J connectivity index is 2.51. The van der Waals surface area contributed by atoms with Crippen LogP contribution >= 0.6 is 0 Å². The van der Waals surface area contributed by atoms with Crippen LogP contribution in [0.15, 0.2) is 12.4 Å². The molecule has 1 amide bonds. The Morgan fingerprint density at radius 1 is 1.67 bits per heavy atom. The molecule has 84 valence electrons. The van der Waals surface area contributed by atoms with Crippen molar-refractivity contribution in [1.82, 2.24) is 20.2 Å². The molecule has 0 aliphatic heterocycles. The van der Waals surface area contributed by atoms with Crippen molar-refractivity contribution in [2.24, 2.45) is 0 Å². The van der Waals surface area contributed by atoms with Gasteiger partial charge >= 0.3 is 0 Å². The lowest BCUT2D eigenvalue weighted by atomic mass is 10.2. The van der Waals surface area contributed by atoms with Crippen LogP contribution in [0.4, 0.5) is 0 Å². The van der Waals surface area contributed by atoms with Crippen molar-refractivity contribution < 1.29 is 4.79 Å². The van der Waals surface area contributed by atoms with Gasteiger partial charge in [0.05, 0.1) is 12.6 Å². The van der Waals surface area contributed by atoms with Crippen LogP contribution in [0.25, 0.3) is 0 Å². The maximum absolute atomic E-state index is 11.5. The highest BCUT2D eigenvalue weighted by atomic mass is 16.2. The topological polar surface area (TPSA) is 61.0 Å². The van der Waals surface area contributed by atoms with Crippen LogP contribution in [0, 0.1) is 0 Å². The lowest BCUT2D eigenvalue weighted by molar-refractivity contribution is -0.122. The lowest BCUT2D eigenvalue weighted by Gasteiger charge is -2.16. The SMILES string of the molecule is CCC(NC(=O)CN(C)C)c1ncc[nH]1. The van der Waals surface area contributed by atoms with E-state index in [4.69, 9.17) is 0 Å². The number of aromatic amines is 1. The number of hydrogen-bond acceptors (Lipinski definition) is 3. The first-order valence-electron chi connectivity index (χ1n) is 5.06. The van der Waals surface area contributed by atoms with Crippen molar-refractivity contribution in [2.75, 3.05) is 20.6 Å². The summed E-state index contributed by atoms with van der Waals surface area (Å²) < 4.78 is 0. The zero-order valence-corrected chi connectivity index (χ0v) is 9.45. The highest BCUT2D eigenvalue weighted by Gasteiger charge is 2.14. The largest absolute Gasteiger partial charge is 0.347 e. The number of carbonyl (C=O) groups excluding carboxylic acids is 1. The smallest absolute Gasteiger partial charge is 0.234 e. The Labute approximate surface area is 89.9 Å². The van der Waals surface area contributed by atoms with Crippen LogP contribution in [0.2, 0.25) is 0 Å². The third kappa shape index (κ3) is 3.71. The Morgan fingerprint density at radius 2 is 2.40 bits per heavy atom. The van der Waals surface area contributed by atoms with Gasteiger partial charge in [-0.3, -0.25) is 4.79 Å². The van der Waals surface area contributed by atoms with Gasteiger partial charge in [0.15, 0.2) is 0 Å². The van der Waals surface area contributed by atoms with E-state index in [2.05, 4.69) is 15.3 Å². The number of rotatable bonds is 5. The van der Waals surface area contributed by atoms with Gasteiger partial charge in [-0.2, -0.15) is 0 Å². The first kappa shape index (κ1) is 11.7. The second kappa shape index (κ2) is 5.50. The van der Waals surface area contributed by atoms with E-state index in [1.54, 1.807) is 12.4 Å². The summed E-state index contributed by atoms with van der Waals surface area (Å²) >= 11 is 0. The molecule has 0 aliphatic rings. The summed E-state index contributed by atoms with van der Waals surface area (Å²) in [5.74, 6) is 0.827. The van der Waals surface area contributed by atoms with E-state index in [0.717, 1.165) is 12.2 Å². The van der Waals surface area contributed by atoms with Crippen LogP contribution in [0.1, 0.15) is 25.2 Å². The third-order valence-corrected chi connectivity index (χ3v) is 2.05. The van der Waals surface area contributed by atoms with Gasteiger partial charge in [-0.15, -0.1) is 0 Å². The molecule has 0 aromatic carbocycles. The zero-order chi connectivity index (χ0) is 11.3. The molecule has 0 spiro atoms. The van der Waals surface area contributed by atoms with E-state index < -0.39 is 0 Å². The molecule has 1 unspecified atom stereocenters. The standard InChI is InChI=1S/C10H18N4O/c1-4-8(10-11-5-6-12-10)13-9(15)7-14(2)3/h5-6,8H,4,7H2,1-3H3,(H,11,12)(H,13,15). The number of nitrogens with one attached hydrogen (secondary N) is 2. The number of imidazole rings is 1. The van der Waals surface area contributed by atoms with Gasteiger partial charge in [-0.25, -0.2) is 4.98 Å². The summed E-state index contributed by atoms with van der Waals surface area (Å²) in [6, 6.07) is -0.0209. The molecule has 0 saturated carbocycles. The second-order valence-corrected chi connectivity index (χ2v) is 3.74. The summed E-state index contributed by atoms with van der Waals surface area (Å²) in [7, 11) is 3.74. The highest BCUT2D eigenvalue weighted by Crippen LogP contribution is 2.10. The van der Waals surface area contributed by atoms with Gasteiger partial charge < -0.3 is 15.2 Å². The molecule has 5 nitrogen and oxygen atoms in total. The Bertz CT molecular complexity index is 294. The van der Waals surface area contributed by atoms with Gasteiger partial charge in [0.2, 0.25) is 5.91 Å². The molecular formula is C10H18N4O. The minimum atomic E-state index is -0.0209. The maximum Gasteiger partial charge on any atom is 0.234 e. The van der Waals surface area contributed by atoms with E-state index in [0.29, 0.717) is 6.54 Å². The molecule has 1 rings (SSSR count). The summed E-state index contributed by atoms with van der Waals surface area (Å²) in [5.41, 5.74) is 0. The molecule has 0 fully saturated rings. The summed E-state index contributed by atoms with van der Waals surface area (Å²) in [6.45, 7) is 2.42. The molecule has 0 bridgehead atoms. The number of likely N-dealkylation sites (N-methyl/N-ethyl adjacent to an activating group) is 1. The Morgan fingerprint density at radius 3 is 2.87 bits per heavy atom. The van der Waals surface area contributed by atoms with Gasteiger partial charge in [0.25, 0.3) is 0 Å². The fourth-order valence-corrected chi connectivity index (χ4v) is 1.36. The first-order valence-corrected chi connectivity index (χ1v) is 5.06. The van der Waals surface area contributed by atoms with Crippen molar-refractivity contribution in [1.29, 1.82) is 0 Å². The normalized spacial score (nSPS) is 12.8. The van der Waals surface area contributed by atoms with Gasteiger partial charge in [0, 0.05) is 12.4 Å². The number of carbonyl (C=O) groups is 1. The molecule has 1 atom stereocenters. The number of amides is 1. The molecule has 5 heteroatoms. The molecule has 1 heterocycles. The highest BCUT2D eigenvalue weighted by molar-refractivity contribution is 5.78. The van der Waals surface area contributed by atoms with Crippen LogP contribution in [0.5, 0.6) is 0 Å². The van der Waals surface area contributed by atoms with Gasteiger partial charge in [-0.05, 0) is 20.5 Å². The molecule has 0 saturated heterocycles. The average molecular weight is 210 g/mol. The van der Waals surface area contributed by atoms with E-state index in [9.17, 15) is 4.79 Å². The van der Waals surface area contributed by atoms with E-state index in [1.165, 1.54) is 0 Å². The van der Waals surface area contributed by atoms with Gasteiger partial charge in [-0.1, -0.05) is 6.92 Å². The minimum absolute atomic E-state index is 0.0169. The first-order chi connectivity index (χ1) is 7.13. The predicted octanol–water partition coefficient (Wildman–Crippen LogP) is 0.539. The van der Waals surface area contributed by atoms with E-state index >= 15 is 0 Å². The second-order valence-electron chi connectivity index (χ2n) is 3.74. The van der Waals surface area contributed by atoms with Crippen LogP contribution in [-0.4, -0.2) is 41.4 Å². The number of aromatic nitrogens is 2. The quantitative estimate of drug-likeness (QED) is 0.745. The van der Waals surface area contributed by atoms with Crippen molar-refractivity contribution in [3.63, 3.8) is 0 Å². The van der Waals surface area contributed by atoms with Crippen LogP contribution in [-0.2, 0) is 4.79 Å². The summed E-state index contributed by atoms with van der Waals surface area (Å²) in [6.07, 6.45) is 4.28. The molecule has 0 radical (unpaired) electrons. The van der Waals surface area contributed by atoms with E-state index in [-0.39, 0.29) is 11.9 Å². The van der Waals surface area contributed by atoms with E-state index in [1.807, 2.05) is 25.9 Å². The minimum Gasteiger partial charge on any atom is -0.347 e. The summed E-state index contributed by atoms with van der Waals surface area (Å²) in [5, 5.41) is 2.93. The third-order valence-electron chi connectivity index (χ3n) is 2.05. The molecule has 1 aromatic rings.